The molecular weight excluding hydrogens is 424 g/mol. The van der Waals surface area contributed by atoms with Gasteiger partial charge in [0.1, 0.15) is 11.8 Å². The number of amides is 1. The zero-order valence-electron chi connectivity index (χ0n) is 20.2. The molecular formula is C28H38N4O2. The van der Waals surface area contributed by atoms with Crippen molar-refractivity contribution in [1.29, 1.82) is 0 Å². The van der Waals surface area contributed by atoms with Gasteiger partial charge < -0.3 is 20.6 Å². The number of benzene rings is 2. The summed E-state index contributed by atoms with van der Waals surface area (Å²) < 4.78 is 0. The van der Waals surface area contributed by atoms with Gasteiger partial charge in [0.25, 0.3) is 0 Å². The zero-order valence-corrected chi connectivity index (χ0v) is 20.2. The van der Waals surface area contributed by atoms with E-state index in [9.17, 15) is 9.90 Å². The molecule has 2 fully saturated rings. The van der Waals surface area contributed by atoms with Gasteiger partial charge in [-0.3, -0.25) is 9.69 Å². The summed E-state index contributed by atoms with van der Waals surface area (Å²) in [5.74, 6) is -0.272. The van der Waals surface area contributed by atoms with Gasteiger partial charge in [-0.2, -0.15) is 0 Å². The van der Waals surface area contributed by atoms with E-state index in [2.05, 4.69) is 58.3 Å². The van der Waals surface area contributed by atoms with Gasteiger partial charge in [-0.25, -0.2) is 0 Å². The van der Waals surface area contributed by atoms with Crippen LogP contribution in [0.2, 0.25) is 0 Å². The van der Waals surface area contributed by atoms with Crippen LogP contribution in [0.15, 0.2) is 48.5 Å². The number of nitrogens with zero attached hydrogens (tertiary/aromatic N) is 3. The van der Waals surface area contributed by atoms with Crippen molar-refractivity contribution < 1.29 is 9.90 Å². The molecule has 34 heavy (non-hydrogen) atoms. The van der Waals surface area contributed by atoms with Crippen molar-refractivity contribution in [2.45, 2.75) is 63.1 Å². The SMILES string of the molecule is NC(=O)C1(N2CCCCC2O)CCN(CCCN2c3ccccc3CCc3ccccc32)CC1. The van der Waals surface area contributed by atoms with Crippen molar-refractivity contribution in [1.82, 2.24) is 9.80 Å². The number of likely N-dealkylation sites (tertiary alicyclic amines) is 2. The number of fused-ring (bicyclic) bond motifs is 2. The Hall–Kier alpha value is -2.41. The molecule has 3 N–H and O–H groups in total. The minimum Gasteiger partial charge on any atom is -0.378 e. The summed E-state index contributed by atoms with van der Waals surface area (Å²) in [5, 5.41) is 10.6. The van der Waals surface area contributed by atoms with Crippen LogP contribution in [0, 0.1) is 0 Å². The lowest BCUT2D eigenvalue weighted by molar-refractivity contribution is -0.151. The molecule has 5 rings (SSSR count). The first-order valence-corrected chi connectivity index (χ1v) is 13.0. The van der Waals surface area contributed by atoms with Crippen molar-refractivity contribution in [3.63, 3.8) is 0 Å². The van der Waals surface area contributed by atoms with Crippen LogP contribution in [0.3, 0.4) is 0 Å². The molecule has 1 atom stereocenters. The van der Waals surface area contributed by atoms with Crippen LogP contribution in [-0.4, -0.2) is 65.3 Å². The molecule has 2 saturated heterocycles. The molecule has 6 heteroatoms. The molecule has 1 amide bonds. The Morgan fingerprint density at radius 3 is 2.12 bits per heavy atom. The average Bonchev–Trinajstić information content (AvgIpc) is 3.02. The summed E-state index contributed by atoms with van der Waals surface area (Å²) in [7, 11) is 0. The lowest BCUT2D eigenvalue weighted by Gasteiger charge is -2.50. The number of nitrogens with two attached hydrogens (primary N) is 1. The molecule has 182 valence electrons. The van der Waals surface area contributed by atoms with Gasteiger partial charge in [-0.05, 0) is 81.2 Å². The Balaban J connectivity index is 1.23. The van der Waals surface area contributed by atoms with Crippen LogP contribution in [0.5, 0.6) is 0 Å². The van der Waals surface area contributed by atoms with Gasteiger partial charge in [0.15, 0.2) is 0 Å². The smallest absolute Gasteiger partial charge is 0.238 e. The fourth-order valence-electron chi connectivity index (χ4n) is 6.30. The number of piperidine rings is 2. The first-order valence-electron chi connectivity index (χ1n) is 13.0. The number of aryl methyl sites for hydroxylation is 2. The Labute approximate surface area is 203 Å². The number of primary amides is 1. The summed E-state index contributed by atoms with van der Waals surface area (Å²) in [6.45, 7) is 4.42. The number of aliphatic hydroxyl groups excluding tert-OH is 1. The molecule has 3 aliphatic heterocycles. The third-order valence-corrected chi connectivity index (χ3v) is 8.25. The lowest BCUT2D eigenvalue weighted by Crippen LogP contribution is -2.65. The topological polar surface area (TPSA) is 73.0 Å². The molecule has 1 unspecified atom stereocenters. The molecule has 3 aliphatic rings. The van der Waals surface area contributed by atoms with E-state index in [1.807, 2.05) is 4.90 Å². The highest BCUT2D eigenvalue weighted by molar-refractivity contribution is 5.85. The second-order valence-electron chi connectivity index (χ2n) is 10.2. The van der Waals surface area contributed by atoms with Crippen LogP contribution in [-0.2, 0) is 17.6 Å². The molecule has 3 heterocycles. The Kier molecular flexibility index (Phi) is 6.91. The van der Waals surface area contributed by atoms with Gasteiger partial charge in [0.2, 0.25) is 5.91 Å². The predicted octanol–water partition coefficient (Wildman–Crippen LogP) is 3.44. The average molecular weight is 463 g/mol. The monoisotopic (exact) mass is 462 g/mol. The van der Waals surface area contributed by atoms with E-state index in [0.29, 0.717) is 12.8 Å². The summed E-state index contributed by atoms with van der Waals surface area (Å²) in [6, 6.07) is 17.6. The number of rotatable bonds is 6. The van der Waals surface area contributed by atoms with Crippen LogP contribution in [0.25, 0.3) is 0 Å². The summed E-state index contributed by atoms with van der Waals surface area (Å²) in [6.07, 6.45) is 6.84. The number of carbonyl (C=O) groups is 1. The van der Waals surface area contributed by atoms with E-state index in [1.54, 1.807) is 0 Å². The lowest BCUT2D eigenvalue weighted by atomic mass is 9.83. The fourth-order valence-corrected chi connectivity index (χ4v) is 6.30. The number of anilines is 2. The van der Waals surface area contributed by atoms with E-state index in [1.165, 1.54) is 22.5 Å². The van der Waals surface area contributed by atoms with Crippen LogP contribution < -0.4 is 10.6 Å². The van der Waals surface area contributed by atoms with Crippen molar-refractivity contribution in [3.05, 3.63) is 59.7 Å². The molecule has 6 nitrogen and oxygen atoms in total. The van der Waals surface area contributed by atoms with Gasteiger partial charge in [0.05, 0.1) is 0 Å². The van der Waals surface area contributed by atoms with E-state index in [0.717, 1.165) is 71.2 Å². The third kappa shape index (κ3) is 4.47. The third-order valence-electron chi connectivity index (χ3n) is 8.25. The second-order valence-corrected chi connectivity index (χ2v) is 10.2. The minimum absolute atomic E-state index is 0.272. The number of hydrogen-bond acceptors (Lipinski definition) is 5. The molecule has 0 radical (unpaired) electrons. The van der Waals surface area contributed by atoms with Crippen molar-refractivity contribution in [3.8, 4) is 0 Å². The highest BCUT2D eigenvalue weighted by atomic mass is 16.3. The number of aliphatic hydroxyl groups is 1. The van der Waals surface area contributed by atoms with Gasteiger partial charge in [-0.1, -0.05) is 36.4 Å². The van der Waals surface area contributed by atoms with Crippen molar-refractivity contribution in [2.24, 2.45) is 5.73 Å². The van der Waals surface area contributed by atoms with E-state index < -0.39 is 11.8 Å². The van der Waals surface area contributed by atoms with Crippen LogP contribution in [0.1, 0.15) is 49.7 Å². The van der Waals surface area contributed by atoms with Crippen LogP contribution >= 0.6 is 0 Å². The molecule has 0 aliphatic carbocycles. The Morgan fingerprint density at radius 2 is 1.53 bits per heavy atom. The highest BCUT2D eigenvalue weighted by Gasteiger charge is 2.47. The highest BCUT2D eigenvalue weighted by Crippen LogP contribution is 2.37. The first-order chi connectivity index (χ1) is 16.6. The maximum atomic E-state index is 12.6. The molecule has 0 spiro atoms. The Bertz CT molecular complexity index is 954. The normalized spacial score (nSPS) is 23.1. The molecule has 2 aromatic carbocycles. The summed E-state index contributed by atoms with van der Waals surface area (Å²) in [4.78, 5) is 19.5. The number of carbonyl (C=O) groups excluding carboxylic acids is 1. The van der Waals surface area contributed by atoms with Crippen molar-refractivity contribution >= 4 is 17.3 Å². The van der Waals surface area contributed by atoms with E-state index in [4.69, 9.17) is 5.73 Å². The van der Waals surface area contributed by atoms with Crippen LogP contribution in [0.4, 0.5) is 11.4 Å². The summed E-state index contributed by atoms with van der Waals surface area (Å²) >= 11 is 0. The summed E-state index contributed by atoms with van der Waals surface area (Å²) in [5.41, 5.74) is 10.7. The largest absolute Gasteiger partial charge is 0.378 e. The quantitative estimate of drug-likeness (QED) is 0.688. The maximum absolute atomic E-state index is 12.6. The first kappa shape index (κ1) is 23.3. The predicted molar refractivity (Wildman–Crippen MR) is 136 cm³/mol. The Morgan fingerprint density at radius 1 is 0.912 bits per heavy atom. The zero-order chi connectivity index (χ0) is 23.5. The standard InChI is InChI=1S/C28H38N4O2/c29-27(34)28(32-19-6-5-12-26(32)33)15-20-30(21-16-28)17-7-18-31-24-10-3-1-8-22(24)13-14-23-9-2-4-11-25(23)31/h1-4,8-11,26,33H,5-7,12-21H2,(H2,29,34). The molecule has 2 aromatic rings. The second kappa shape index (κ2) is 10.1. The fraction of sp³-hybridized carbons (Fsp3) is 0.536. The van der Waals surface area contributed by atoms with E-state index in [-0.39, 0.29) is 5.91 Å². The van der Waals surface area contributed by atoms with E-state index >= 15 is 0 Å². The maximum Gasteiger partial charge on any atom is 0.238 e. The van der Waals surface area contributed by atoms with Crippen molar-refractivity contribution in [2.75, 3.05) is 37.6 Å². The van der Waals surface area contributed by atoms with Gasteiger partial charge in [0, 0.05) is 37.6 Å². The van der Waals surface area contributed by atoms with Gasteiger partial charge >= 0.3 is 0 Å². The number of hydrogen-bond donors (Lipinski definition) is 2. The molecule has 0 saturated carbocycles. The molecule has 0 aromatic heterocycles. The van der Waals surface area contributed by atoms with Gasteiger partial charge in [-0.15, -0.1) is 0 Å². The number of para-hydroxylation sites is 2. The minimum atomic E-state index is -0.695. The molecule has 0 bridgehead atoms.